The summed E-state index contributed by atoms with van der Waals surface area (Å²) in [7, 11) is 0. The van der Waals surface area contributed by atoms with Gasteiger partial charge in [-0.15, -0.1) is 0 Å². The van der Waals surface area contributed by atoms with E-state index in [1.807, 2.05) is 0 Å². The van der Waals surface area contributed by atoms with Crippen molar-refractivity contribution in [3.63, 3.8) is 0 Å². The van der Waals surface area contributed by atoms with E-state index in [9.17, 15) is 0 Å². The van der Waals surface area contributed by atoms with Crippen molar-refractivity contribution in [3.8, 4) is 0 Å². The van der Waals surface area contributed by atoms with Gasteiger partial charge in [-0.2, -0.15) is 0 Å². The highest BCUT2D eigenvalue weighted by Gasteiger charge is 2.37. The Morgan fingerprint density at radius 2 is 2.00 bits per heavy atom. The second-order valence-corrected chi connectivity index (χ2v) is 6.25. The summed E-state index contributed by atoms with van der Waals surface area (Å²) in [5, 5.41) is 1.08. The van der Waals surface area contributed by atoms with E-state index < -0.39 is 0 Å². The molecule has 2 aliphatic carbocycles. The molecule has 0 aliphatic heterocycles. The van der Waals surface area contributed by atoms with Crippen molar-refractivity contribution in [1.29, 1.82) is 0 Å². The zero-order valence-electron chi connectivity index (χ0n) is 11.6. The Morgan fingerprint density at radius 1 is 1.20 bits per heavy atom. The average molecular weight is 272 g/mol. The maximum absolute atomic E-state index is 6.67. The first-order chi connectivity index (χ1) is 9.67. The summed E-state index contributed by atoms with van der Waals surface area (Å²) in [5.41, 5.74) is 15.3. The summed E-state index contributed by atoms with van der Waals surface area (Å²) in [6.45, 7) is 0. The lowest BCUT2D eigenvalue weighted by Crippen LogP contribution is -2.44. The van der Waals surface area contributed by atoms with Gasteiger partial charge >= 0.3 is 0 Å². The number of hydrogen-bond donors (Lipinski definition) is 2. The lowest BCUT2D eigenvalue weighted by molar-refractivity contribution is 0.273. The van der Waals surface area contributed by atoms with E-state index in [4.69, 9.17) is 15.9 Å². The van der Waals surface area contributed by atoms with Crippen LogP contribution in [0, 0.1) is 0 Å². The highest BCUT2D eigenvalue weighted by Crippen LogP contribution is 2.40. The van der Waals surface area contributed by atoms with Crippen LogP contribution >= 0.6 is 0 Å². The molecule has 0 bridgehead atoms. The zero-order chi connectivity index (χ0) is 13.7. The highest BCUT2D eigenvalue weighted by atomic mass is 16.3. The first-order valence-corrected chi connectivity index (χ1v) is 7.47. The monoisotopic (exact) mass is 272 g/mol. The molecule has 0 amide bonds. The van der Waals surface area contributed by atoms with Crippen molar-refractivity contribution < 1.29 is 4.42 Å². The molecule has 1 saturated carbocycles. The minimum Gasteiger partial charge on any atom is -0.442 e. The summed E-state index contributed by atoms with van der Waals surface area (Å²) in [6, 6.07) is 0.277. The summed E-state index contributed by atoms with van der Waals surface area (Å²) < 4.78 is 5.88. The van der Waals surface area contributed by atoms with Crippen LogP contribution < -0.4 is 11.5 Å². The number of rotatable bonds is 1. The molecule has 0 saturated heterocycles. The summed E-state index contributed by atoms with van der Waals surface area (Å²) in [5.74, 6) is 1.08. The topological polar surface area (TPSA) is 91.0 Å². The van der Waals surface area contributed by atoms with Crippen LogP contribution in [0.1, 0.15) is 49.1 Å². The van der Waals surface area contributed by atoms with Crippen LogP contribution in [-0.2, 0) is 18.4 Å². The molecule has 0 spiro atoms. The summed E-state index contributed by atoms with van der Waals surface area (Å²) in [4.78, 5) is 8.83. The van der Waals surface area contributed by atoms with Crippen LogP contribution in [0.3, 0.4) is 0 Å². The van der Waals surface area contributed by atoms with Crippen molar-refractivity contribution in [1.82, 2.24) is 9.97 Å². The Morgan fingerprint density at radius 3 is 2.80 bits per heavy atom. The lowest BCUT2D eigenvalue weighted by Gasteiger charge is -2.35. The van der Waals surface area contributed by atoms with E-state index in [0.717, 1.165) is 61.8 Å². The van der Waals surface area contributed by atoms with Gasteiger partial charge in [0.1, 0.15) is 12.1 Å². The van der Waals surface area contributed by atoms with E-state index in [-0.39, 0.29) is 11.6 Å². The minimum atomic E-state index is -0.378. The first kappa shape index (κ1) is 12.3. The molecule has 106 valence electrons. The summed E-state index contributed by atoms with van der Waals surface area (Å²) in [6.07, 6.45) is 8.50. The van der Waals surface area contributed by atoms with Gasteiger partial charge in [0.25, 0.3) is 0 Å². The molecule has 0 atom stereocenters. The average Bonchev–Trinajstić information content (AvgIpc) is 3.02. The van der Waals surface area contributed by atoms with Gasteiger partial charge in [-0.25, -0.2) is 9.97 Å². The lowest BCUT2D eigenvalue weighted by atomic mass is 9.77. The molecule has 4 rings (SSSR count). The summed E-state index contributed by atoms with van der Waals surface area (Å²) >= 11 is 0. The molecule has 5 heteroatoms. The van der Waals surface area contributed by atoms with Gasteiger partial charge in [0, 0.05) is 18.0 Å². The molecular weight excluding hydrogens is 252 g/mol. The molecule has 2 aromatic rings. The van der Waals surface area contributed by atoms with Crippen LogP contribution in [0.2, 0.25) is 0 Å². The van der Waals surface area contributed by atoms with Gasteiger partial charge in [0.2, 0.25) is 5.71 Å². The molecular formula is C15H20N4O. The van der Waals surface area contributed by atoms with Gasteiger partial charge in [0.15, 0.2) is 0 Å². The SMILES string of the molecule is NC1CCC(N)(c2ncnc3oc4c(c23)CCC4)CC1. The quantitative estimate of drug-likeness (QED) is 0.825. The van der Waals surface area contributed by atoms with E-state index in [1.54, 1.807) is 6.33 Å². The van der Waals surface area contributed by atoms with Crippen molar-refractivity contribution in [2.75, 3.05) is 0 Å². The number of nitrogens with two attached hydrogens (primary N) is 2. The smallest absolute Gasteiger partial charge is 0.229 e. The Labute approximate surface area is 117 Å². The predicted octanol–water partition coefficient (Wildman–Crippen LogP) is 1.77. The fourth-order valence-corrected chi connectivity index (χ4v) is 3.70. The van der Waals surface area contributed by atoms with Crippen LogP contribution in [-0.4, -0.2) is 16.0 Å². The van der Waals surface area contributed by atoms with Crippen molar-refractivity contribution in [2.45, 2.75) is 56.5 Å². The predicted molar refractivity (Wildman–Crippen MR) is 76.1 cm³/mol. The van der Waals surface area contributed by atoms with Crippen LogP contribution in [0.4, 0.5) is 0 Å². The number of fused-ring (bicyclic) bond motifs is 3. The van der Waals surface area contributed by atoms with Gasteiger partial charge in [-0.3, -0.25) is 0 Å². The van der Waals surface area contributed by atoms with E-state index in [0.29, 0.717) is 5.71 Å². The Bertz CT molecular complexity index is 655. The second-order valence-electron chi connectivity index (χ2n) is 6.25. The molecule has 0 radical (unpaired) electrons. The number of hydrogen-bond acceptors (Lipinski definition) is 5. The van der Waals surface area contributed by atoms with Crippen molar-refractivity contribution in [2.24, 2.45) is 11.5 Å². The largest absolute Gasteiger partial charge is 0.442 e. The Hall–Kier alpha value is -1.46. The van der Waals surface area contributed by atoms with Gasteiger partial charge in [0.05, 0.1) is 16.6 Å². The fourth-order valence-electron chi connectivity index (χ4n) is 3.70. The molecule has 5 nitrogen and oxygen atoms in total. The standard InChI is InChI=1S/C15H20N4O/c16-9-4-6-15(17,7-5-9)13-12-10-2-1-3-11(10)20-14(12)19-8-18-13/h8-9H,1-7,16-17H2. The van der Waals surface area contributed by atoms with E-state index in [1.165, 1.54) is 5.56 Å². The fraction of sp³-hybridized carbons (Fsp3) is 0.600. The maximum atomic E-state index is 6.67. The van der Waals surface area contributed by atoms with Crippen LogP contribution in [0.15, 0.2) is 10.7 Å². The van der Waals surface area contributed by atoms with E-state index in [2.05, 4.69) is 9.97 Å². The van der Waals surface area contributed by atoms with Gasteiger partial charge < -0.3 is 15.9 Å². The molecule has 2 heterocycles. The molecule has 2 aromatic heterocycles. The Kier molecular flexibility index (Phi) is 2.62. The molecule has 1 fully saturated rings. The van der Waals surface area contributed by atoms with E-state index >= 15 is 0 Å². The number of furan rings is 1. The molecule has 2 aliphatic rings. The molecule has 20 heavy (non-hydrogen) atoms. The maximum Gasteiger partial charge on any atom is 0.229 e. The second kappa shape index (κ2) is 4.27. The highest BCUT2D eigenvalue weighted by molar-refractivity contribution is 5.83. The number of nitrogens with zero attached hydrogens (tertiary/aromatic N) is 2. The molecule has 0 aromatic carbocycles. The normalized spacial score (nSPS) is 29.8. The van der Waals surface area contributed by atoms with Gasteiger partial charge in [-0.05, 0) is 38.5 Å². The zero-order valence-corrected chi connectivity index (χ0v) is 11.6. The van der Waals surface area contributed by atoms with Crippen molar-refractivity contribution >= 4 is 11.1 Å². The third-order valence-electron chi connectivity index (χ3n) is 4.90. The van der Waals surface area contributed by atoms with Crippen molar-refractivity contribution in [3.05, 3.63) is 23.3 Å². The third-order valence-corrected chi connectivity index (χ3v) is 4.90. The third kappa shape index (κ3) is 1.70. The van der Waals surface area contributed by atoms with Gasteiger partial charge in [-0.1, -0.05) is 0 Å². The van der Waals surface area contributed by atoms with Crippen LogP contribution in [0.5, 0.6) is 0 Å². The molecule has 0 unspecified atom stereocenters. The van der Waals surface area contributed by atoms with Crippen LogP contribution in [0.25, 0.3) is 11.1 Å². The molecule has 4 N–H and O–H groups in total. The minimum absolute atomic E-state index is 0.277. The number of aryl methyl sites for hydroxylation is 2. The first-order valence-electron chi connectivity index (χ1n) is 7.47. The number of aromatic nitrogens is 2. The Balaban J connectivity index is 1.87.